The third-order valence-electron chi connectivity index (χ3n) is 6.41. The normalized spacial score (nSPS) is 34.1. The number of carbonyl (C=O) groups excluding carboxylic acids is 2. The van der Waals surface area contributed by atoms with Crippen LogP contribution in [0, 0.1) is 22.7 Å². The van der Waals surface area contributed by atoms with Gasteiger partial charge in [0, 0.05) is 12.3 Å². The number of amides is 2. The summed E-state index contributed by atoms with van der Waals surface area (Å²) in [6.45, 7) is 9.11. The highest BCUT2D eigenvalue weighted by atomic mass is 16.2. The van der Waals surface area contributed by atoms with Crippen molar-refractivity contribution in [3.8, 4) is 0 Å². The van der Waals surface area contributed by atoms with Crippen molar-refractivity contribution in [2.24, 2.45) is 22.7 Å². The second kappa shape index (κ2) is 6.10. The Labute approximate surface area is 129 Å². The Hall–Kier alpha value is -0.860. The summed E-state index contributed by atoms with van der Waals surface area (Å²) in [5, 5.41) is 2.56. The van der Waals surface area contributed by atoms with E-state index in [1.807, 2.05) is 0 Å². The molecule has 3 heteroatoms. The van der Waals surface area contributed by atoms with E-state index in [-0.39, 0.29) is 23.1 Å². The fourth-order valence-corrected chi connectivity index (χ4v) is 4.50. The Balaban J connectivity index is 2.14. The topological polar surface area (TPSA) is 46.2 Å². The first-order valence-corrected chi connectivity index (χ1v) is 8.68. The highest BCUT2D eigenvalue weighted by molar-refractivity contribution is 5.99. The molecule has 1 N–H and O–H groups in total. The van der Waals surface area contributed by atoms with Crippen LogP contribution < -0.4 is 5.32 Å². The van der Waals surface area contributed by atoms with E-state index in [0.29, 0.717) is 11.8 Å². The molecule has 1 atom stereocenters. The van der Waals surface area contributed by atoms with Gasteiger partial charge in [-0.1, -0.05) is 40.5 Å². The smallest absolute Gasteiger partial charge is 0.230 e. The van der Waals surface area contributed by atoms with Crippen LogP contribution in [0.2, 0.25) is 0 Å². The van der Waals surface area contributed by atoms with Crippen molar-refractivity contribution in [1.29, 1.82) is 0 Å². The van der Waals surface area contributed by atoms with Gasteiger partial charge in [-0.25, -0.2) is 0 Å². The van der Waals surface area contributed by atoms with Crippen LogP contribution in [0.3, 0.4) is 0 Å². The first-order valence-electron chi connectivity index (χ1n) is 8.68. The third-order valence-corrected chi connectivity index (χ3v) is 6.41. The van der Waals surface area contributed by atoms with Gasteiger partial charge in [0.25, 0.3) is 0 Å². The van der Waals surface area contributed by atoms with Crippen LogP contribution in [0.4, 0.5) is 0 Å². The minimum absolute atomic E-state index is 0.0127. The number of imide groups is 1. The first-order chi connectivity index (χ1) is 9.84. The SMILES string of the molecule is CCCC1C(=O)NC(=O)CC12CCC(C(C)(C)CC)CC2. The first kappa shape index (κ1) is 16.5. The maximum absolute atomic E-state index is 12.3. The molecular weight excluding hydrogens is 262 g/mol. The lowest BCUT2D eigenvalue weighted by atomic mass is 9.56. The van der Waals surface area contributed by atoms with Gasteiger partial charge < -0.3 is 0 Å². The van der Waals surface area contributed by atoms with E-state index in [0.717, 1.165) is 31.6 Å². The molecule has 3 nitrogen and oxygen atoms in total. The van der Waals surface area contributed by atoms with Gasteiger partial charge in [0.2, 0.25) is 11.8 Å². The van der Waals surface area contributed by atoms with Gasteiger partial charge in [-0.2, -0.15) is 0 Å². The van der Waals surface area contributed by atoms with Gasteiger partial charge in [-0.3, -0.25) is 14.9 Å². The molecule has 1 aliphatic heterocycles. The zero-order chi connectivity index (χ0) is 15.7. The number of piperidine rings is 1. The zero-order valence-electron chi connectivity index (χ0n) is 14.1. The standard InChI is InChI=1S/C18H31NO2/c1-5-7-14-16(21)19-15(20)12-18(14)10-8-13(9-11-18)17(3,4)6-2/h13-14H,5-12H2,1-4H3,(H,19,20,21). The summed E-state index contributed by atoms with van der Waals surface area (Å²) in [4.78, 5) is 24.2. The van der Waals surface area contributed by atoms with Crippen LogP contribution in [0.25, 0.3) is 0 Å². The summed E-state index contributed by atoms with van der Waals surface area (Å²) in [7, 11) is 0. The highest BCUT2D eigenvalue weighted by Crippen LogP contribution is 2.53. The molecule has 0 bridgehead atoms. The summed E-state index contributed by atoms with van der Waals surface area (Å²) in [5.41, 5.74) is 0.332. The van der Waals surface area contributed by atoms with Crippen molar-refractivity contribution in [3.63, 3.8) is 0 Å². The Morgan fingerprint density at radius 3 is 2.33 bits per heavy atom. The van der Waals surface area contributed by atoms with Crippen LogP contribution in [-0.4, -0.2) is 11.8 Å². The minimum atomic E-state index is -0.0550. The summed E-state index contributed by atoms with van der Waals surface area (Å²) in [6.07, 6.45) is 8.11. The summed E-state index contributed by atoms with van der Waals surface area (Å²) in [5.74, 6) is 0.711. The Morgan fingerprint density at radius 1 is 1.19 bits per heavy atom. The molecule has 1 unspecified atom stereocenters. The largest absolute Gasteiger partial charge is 0.296 e. The molecule has 21 heavy (non-hydrogen) atoms. The second-order valence-corrected chi connectivity index (χ2v) is 7.91. The van der Waals surface area contributed by atoms with E-state index in [1.54, 1.807) is 0 Å². The molecule has 2 rings (SSSR count). The molecule has 2 amide bonds. The fourth-order valence-electron chi connectivity index (χ4n) is 4.50. The average molecular weight is 293 g/mol. The number of carbonyl (C=O) groups is 2. The van der Waals surface area contributed by atoms with Gasteiger partial charge in [0.15, 0.2) is 0 Å². The van der Waals surface area contributed by atoms with Crippen LogP contribution >= 0.6 is 0 Å². The van der Waals surface area contributed by atoms with Crippen LogP contribution in [0.1, 0.15) is 79.1 Å². The molecule has 2 fully saturated rings. The number of rotatable bonds is 4. The monoisotopic (exact) mass is 293 g/mol. The molecular formula is C18H31NO2. The van der Waals surface area contributed by atoms with Gasteiger partial charge in [0.05, 0.1) is 0 Å². The lowest BCUT2D eigenvalue weighted by Crippen LogP contribution is -2.53. The van der Waals surface area contributed by atoms with E-state index in [2.05, 4.69) is 33.0 Å². The number of hydrogen-bond acceptors (Lipinski definition) is 2. The molecule has 1 saturated heterocycles. The maximum Gasteiger partial charge on any atom is 0.230 e. The lowest BCUT2D eigenvalue weighted by molar-refractivity contribution is -0.147. The van der Waals surface area contributed by atoms with E-state index < -0.39 is 0 Å². The van der Waals surface area contributed by atoms with Crippen molar-refractivity contribution < 1.29 is 9.59 Å². The Kier molecular flexibility index (Phi) is 4.79. The summed E-state index contributed by atoms with van der Waals surface area (Å²) >= 11 is 0. The van der Waals surface area contributed by atoms with E-state index in [1.165, 1.54) is 19.3 Å². The number of nitrogens with one attached hydrogen (secondary N) is 1. The molecule has 1 spiro atoms. The molecule has 0 radical (unpaired) electrons. The van der Waals surface area contributed by atoms with Crippen LogP contribution in [0.5, 0.6) is 0 Å². The number of hydrogen-bond donors (Lipinski definition) is 1. The lowest BCUT2D eigenvalue weighted by Gasteiger charge is -2.49. The average Bonchev–Trinajstić information content (AvgIpc) is 2.43. The van der Waals surface area contributed by atoms with Crippen LogP contribution in [0.15, 0.2) is 0 Å². The predicted molar refractivity (Wildman–Crippen MR) is 84.6 cm³/mol. The van der Waals surface area contributed by atoms with Gasteiger partial charge in [0.1, 0.15) is 0 Å². The van der Waals surface area contributed by atoms with Crippen molar-refractivity contribution in [2.75, 3.05) is 0 Å². The van der Waals surface area contributed by atoms with Gasteiger partial charge in [-0.15, -0.1) is 0 Å². The van der Waals surface area contributed by atoms with Gasteiger partial charge >= 0.3 is 0 Å². The second-order valence-electron chi connectivity index (χ2n) is 7.91. The molecule has 0 aromatic heterocycles. The van der Waals surface area contributed by atoms with Crippen molar-refractivity contribution >= 4 is 11.8 Å². The van der Waals surface area contributed by atoms with E-state index in [9.17, 15) is 9.59 Å². The van der Waals surface area contributed by atoms with Gasteiger partial charge in [-0.05, 0) is 48.9 Å². The van der Waals surface area contributed by atoms with E-state index >= 15 is 0 Å². The maximum atomic E-state index is 12.3. The molecule has 2 aliphatic rings. The molecule has 120 valence electrons. The molecule has 1 heterocycles. The quantitative estimate of drug-likeness (QED) is 0.794. The Bertz CT molecular complexity index is 405. The van der Waals surface area contributed by atoms with Crippen LogP contribution in [-0.2, 0) is 9.59 Å². The van der Waals surface area contributed by atoms with Crippen molar-refractivity contribution in [1.82, 2.24) is 5.32 Å². The summed E-state index contributed by atoms with van der Waals surface area (Å²) < 4.78 is 0. The predicted octanol–water partition coefficient (Wildman–Crippen LogP) is 4.06. The third kappa shape index (κ3) is 3.17. The Morgan fingerprint density at radius 2 is 1.81 bits per heavy atom. The van der Waals surface area contributed by atoms with Crippen molar-refractivity contribution in [2.45, 2.75) is 79.1 Å². The summed E-state index contributed by atoms with van der Waals surface area (Å²) in [6, 6.07) is 0. The molecule has 0 aromatic carbocycles. The fraction of sp³-hybridized carbons (Fsp3) is 0.889. The molecule has 1 aliphatic carbocycles. The zero-order valence-corrected chi connectivity index (χ0v) is 14.1. The van der Waals surface area contributed by atoms with Crippen molar-refractivity contribution in [3.05, 3.63) is 0 Å². The molecule has 1 saturated carbocycles. The highest BCUT2D eigenvalue weighted by Gasteiger charge is 2.50. The molecule has 0 aromatic rings. The van der Waals surface area contributed by atoms with E-state index in [4.69, 9.17) is 0 Å². The minimum Gasteiger partial charge on any atom is -0.296 e.